The Hall–Kier alpha value is -0.470. The number of aromatic amines is 1. The van der Waals surface area contributed by atoms with Crippen molar-refractivity contribution in [2.24, 2.45) is 0 Å². The fourth-order valence-electron chi connectivity index (χ4n) is 2.28. The Morgan fingerprint density at radius 3 is 2.80 bits per heavy atom. The van der Waals surface area contributed by atoms with Gasteiger partial charge in [0.2, 0.25) is 0 Å². The van der Waals surface area contributed by atoms with Crippen LogP contribution in [0.1, 0.15) is 45.3 Å². The molecule has 1 aromatic rings. The number of likely N-dealkylation sites (N-methyl/N-ethyl adjacent to an activating group) is 1. The van der Waals surface area contributed by atoms with Crippen molar-refractivity contribution >= 4 is 22.6 Å². The minimum absolute atomic E-state index is 0.0715. The molecule has 0 saturated carbocycles. The van der Waals surface area contributed by atoms with Gasteiger partial charge in [0.05, 0.1) is 12.3 Å². The molecule has 1 saturated heterocycles. The zero-order valence-corrected chi connectivity index (χ0v) is 14.7. The molecule has 20 heavy (non-hydrogen) atoms. The summed E-state index contributed by atoms with van der Waals surface area (Å²) in [6.07, 6.45) is -0.144. The number of halogens is 1. The first-order chi connectivity index (χ1) is 9.32. The first-order valence-corrected chi connectivity index (χ1v) is 8.05. The summed E-state index contributed by atoms with van der Waals surface area (Å²) in [6, 6.07) is 0. The van der Waals surface area contributed by atoms with Crippen LogP contribution in [-0.4, -0.2) is 41.1 Å². The van der Waals surface area contributed by atoms with Gasteiger partial charge in [-0.25, -0.2) is 4.98 Å². The van der Waals surface area contributed by atoms with Crippen LogP contribution in [0.25, 0.3) is 0 Å². The predicted molar refractivity (Wildman–Crippen MR) is 87.1 cm³/mol. The quantitative estimate of drug-likeness (QED) is 0.785. The zero-order chi connectivity index (χ0) is 14.9. The highest BCUT2D eigenvalue weighted by atomic mass is 127. The largest absolute Gasteiger partial charge is 0.368 e. The molecule has 0 aromatic carbocycles. The highest BCUT2D eigenvalue weighted by molar-refractivity contribution is 14.1. The summed E-state index contributed by atoms with van der Waals surface area (Å²) in [4.78, 5) is 22.0. The van der Waals surface area contributed by atoms with Gasteiger partial charge in [0, 0.05) is 18.5 Å². The van der Waals surface area contributed by atoms with Gasteiger partial charge in [-0.05, 0) is 29.1 Å². The number of nitrogens with one attached hydrogen (secondary N) is 1. The summed E-state index contributed by atoms with van der Waals surface area (Å²) < 4.78 is 6.45. The maximum Gasteiger partial charge on any atom is 0.264 e. The Morgan fingerprint density at radius 1 is 1.50 bits per heavy atom. The van der Waals surface area contributed by atoms with Crippen molar-refractivity contribution in [1.29, 1.82) is 0 Å². The minimum atomic E-state index is -0.154. The first-order valence-electron chi connectivity index (χ1n) is 6.97. The van der Waals surface area contributed by atoms with Crippen molar-refractivity contribution in [3.63, 3.8) is 0 Å². The molecule has 112 valence electrons. The number of H-pyrrole nitrogens is 1. The molecule has 2 rings (SSSR count). The van der Waals surface area contributed by atoms with Crippen molar-refractivity contribution < 1.29 is 4.74 Å². The average molecular weight is 391 g/mol. The molecule has 1 N–H and O–H groups in total. The second-order valence-corrected chi connectivity index (χ2v) is 7.20. The molecule has 1 unspecified atom stereocenters. The fraction of sp³-hybridized carbons (Fsp3) is 0.714. The maximum absolute atomic E-state index is 12.1. The molecule has 1 fully saturated rings. The summed E-state index contributed by atoms with van der Waals surface area (Å²) in [5.41, 5.74) is 0.616. The summed E-state index contributed by atoms with van der Waals surface area (Å²) in [5.74, 6) is 0.651. The second-order valence-electron chi connectivity index (χ2n) is 6.12. The van der Waals surface area contributed by atoms with E-state index in [1.54, 1.807) is 0 Å². The van der Waals surface area contributed by atoms with E-state index in [-0.39, 0.29) is 17.1 Å². The van der Waals surface area contributed by atoms with Gasteiger partial charge in [0.25, 0.3) is 5.56 Å². The third-order valence-electron chi connectivity index (χ3n) is 3.49. The summed E-state index contributed by atoms with van der Waals surface area (Å²) in [6.45, 7) is 11.7. The molecular formula is C14H22IN3O2. The molecule has 1 atom stereocenters. The fourth-order valence-corrected chi connectivity index (χ4v) is 3.35. The van der Waals surface area contributed by atoms with E-state index in [2.05, 4.69) is 65.2 Å². The van der Waals surface area contributed by atoms with E-state index in [0.29, 0.717) is 16.0 Å². The lowest BCUT2D eigenvalue weighted by Gasteiger charge is -2.32. The highest BCUT2D eigenvalue weighted by Crippen LogP contribution is 2.25. The van der Waals surface area contributed by atoms with E-state index in [9.17, 15) is 4.79 Å². The number of hydrogen-bond acceptors (Lipinski definition) is 4. The van der Waals surface area contributed by atoms with E-state index in [0.717, 1.165) is 25.3 Å². The molecule has 6 heteroatoms. The lowest BCUT2D eigenvalue weighted by Crippen LogP contribution is -2.39. The number of nitrogens with zero attached hydrogens (tertiary/aromatic N) is 2. The molecule has 0 aliphatic carbocycles. The van der Waals surface area contributed by atoms with Gasteiger partial charge in [-0.15, -0.1) is 0 Å². The van der Waals surface area contributed by atoms with Gasteiger partial charge in [-0.1, -0.05) is 27.7 Å². The van der Waals surface area contributed by atoms with Gasteiger partial charge >= 0.3 is 0 Å². The smallest absolute Gasteiger partial charge is 0.264 e. The zero-order valence-electron chi connectivity index (χ0n) is 12.5. The van der Waals surface area contributed by atoms with Crippen molar-refractivity contribution in [3.05, 3.63) is 25.4 Å². The Kier molecular flexibility index (Phi) is 4.86. The number of hydrogen-bond donors (Lipinski definition) is 1. The van der Waals surface area contributed by atoms with Crippen molar-refractivity contribution in [1.82, 2.24) is 14.9 Å². The Bertz CT molecular complexity index is 536. The standard InChI is InChI=1S/C14H22IN3O2/c1-5-18-6-7-20-9(8-18)12-16-11(14(2,3)4)10(15)13(19)17-12/h9H,5-8H2,1-4H3,(H,16,17,19). The van der Waals surface area contributed by atoms with Crippen LogP contribution >= 0.6 is 22.6 Å². The molecule has 1 aliphatic rings. The Balaban J connectivity index is 2.38. The molecule has 0 spiro atoms. The van der Waals surface area contributed by atoms with E-state index in [1.807, 2.05) is 0 Å². The van der Waals surface area contributed by atoms with Crippen molar-refractivity contribution in [3.8, 4) is 0 Å². The van der Waals surface area contributed by atoms with Gasteiger partial charge in [-0.2, -0.15) is 0 Å². The Morgan fingerprint density at radius 2 is 2.20 bits per heavy atom. The van der Waals surface area contributed by atoms with Crippen LogP contribution in [0.4, 0.5) is 0 Å². The molecule has 0 amide bonds. The van der Waals surface area contributed by atoms with Crippen LogP contribution in [0.3, 0.4) is 0 Å². The predicted octanol–water partition coefficient (Wildman–Crippen LogP) is 2.07. The molecule has 5 nitrogen and oxygen atoms in total. The van der Waals surface area contributed by atoms with Crippen LogP contribution in [0.15, 0.2) is 4.79 Å². The number of aromatic nitrogens is 2. The lowest BCUT2D eigenvalue weighted by atomic mass is 9.92. The lowest BCUT2D eigenvalue weighted by molar-refractivity contribution is -0.0328. The van der Waals surface area contributed by atoms with Crippen LogP contribution in [0.2, 0.25) is 0 Å². The van der Waals surface area contributed by atoms with E-state index in [4.69, 9.17) is 4.74 Å². The SMILES string of the molecule is CCN1CCOC(c2nc(C(C)(C)C)c(I)c(=O)[nH]2)C1. The summed E-state index contributed by atoms with van der Waals surface area (Å²) in [7, 11) is 0. The van der Waals surface area contributed by atoms with Crippen LogP contribution in [0, 0.1) is 3.57 Å². The van der Waals surface area contributed by atoms with Crippen molar-refractivity contribution in [2.75, 3.05) is 26.2 Å². The molecule has 0 radical (unpaired) electrons. The van der Waals surface area contributed by atoms with E-state index < -0.39 is 0 Å². The summed E-state index contributed by atoms with van der Waals surface area (Å²) >= 11 is 2.07. The second kappa shape index (κ2) is 6.11. The van der Waals surface area contributed by atoms with Crippen LogP contribution in [-0.2, 0) is 10.2 Å². The molecular weight excluding hydrogens is 369 g/mol. The molecule has 2 heterocycles. The van der Waals surface area contributed by atoms with Gasteiger partial charge in [0.15, 0.2) is 0 Å². The molecule has 1 aromatic heterocycles. The minimum Gasteiger partial charge on any atom is -0.368 e. The maximum atomic E-state index is 12.1. The first kappa shape index (κ1) is 15.9. The van der Waals surface area contributed by atoms with Gasteiger partial charge in [0.1, 0.15) is 15.5 Å². The highest BCUT2D eigenvalue weighted by Gasteiger charge is 2.27. The average Bonchev–Trinajstić information content (AvgIpc) is 2.40. The van der Waals surface area contributed by atoms with Crippen molar-refractivity contribution in [2.45, 2.75) is 39.2 Å². The number of morpholine rings is 1. The molecule has 0 bridgehead atoms. The Labute approximate surface area is 133 Å². The van der Waals surface area contributed by atoms with Crippen LogP contribution in [0.5, 0.6) is 0 Å². The topological polar surface area (TPSA) is 58.2 Å². The van der Waals surface area contributed by atoms with E-state index >= 15 is 0 Å². The number of rotatable bonds is 2. The van der Waals surface area contributed by atoms with E-state index in [1.165, 1.54) is 0 Å². The molecule has 1 aliphatic heterocycles. The number of ether oxygens (including phenoxy) is 1. The van der Waals surface area contributed by atoms with Gasteiger partial charge in [-0.3, -0.25) is 9.69 Å². The monoisotopic (exact) mass is 391 g/mol. The normalized spacial score (nSPS) is 21.1. The van der Waals surface area contributed by atoms with Crippen LogP contribution < -0.4 is 5.56 Å². The summed E-state index contributed by atoms with van der Waals surface area (Å²) in [5, 5.41) is 0. The third kappa shape index (κ3) is 3.40. The third-order valence-corrected chi connectivity index (χ3v) is 4.50. The van der Waals surface area contributed by atoms with Gasteiger partial charge < -0.3 is 9.72 Å².